The summed E-state index contributed by atoms with van der Waals surface area (Å²) < 4.78 is 0. The van der Waals surface area contributed by atoms with E-state index in [0.29, 0.717) is 6.61 Å². The van der Waals surface area contributed by atoms with Crippen LogP contribution in [0.2, 0.25) is 0 Å². The molecule has 1 N–H and O–H groups in total. The van der Waals surface area contributed by atoms with Gasteiger partial charge < -0.3 is 5.11 Å². The fraction of sp³-hybridized carbons (Fsp3) is 0.545. The predicted octanol–water partition coefficient (Wildman–Crippen LogP) is 6.68. The van der Waals surface area contributed by atoms with E-state index in [4.69, 9.17) is 5.11 Å². The van der Waals surface area contributed by atoms with E-state index in [1.54, 1.807) is 0 Å². The number of hydrogen-bond donors (Lipinski definition) is 1. The molecule has 0 unspecified atom stereocenters. The van der Waals surface area contributed by atoms with Crippen LogP contribution in [0.25, 0.3) is 0 Å². The lowest BCUT2D eigenvalue weighted by Crippen LogP contribution is -1.78. The Labute approximate surface area is 144 Å². The zero-order valence-corrected chi connectivity index (χ0v) is 15.0. The van der Waals surface area contributed by atoms with Gasteiger partial charge in [0.25, 0.3) is 0 Å². The van der Waals surface area contributed by atoms with Gasteiger partial charge in [-0.25, -0.2) is 0 Å². The molecule has 0 heterocycles. The fourth-order valence-corrected chi connectivity index (χ4v) is 2.05. The molecule has 0 aliphatic rings. The third-order valence-corrected chi connectivity index (χ3v) is 3.37. The number of aliphatic hydroxyl groups excluding tert-OH is 1. The first-order valence-corrected chi connectivity index (χ1v) is 9.27. The van der Waals surface area contributed by atoms with Gasteiger partial charge in [-0.3, -0.25) is 0 Å². The molecule has 1 nitrogen and oxygen atoms in total. The molecular weight excluding hydrogens is 280 g/mol. The molecule has 0 amide bonds. The molecule has 130 valence electrons. The Morgan fingerprint density at radius 3 is 1.35 bits per heavy atom. The largest absolute Gasteiger partial charge is 0.396 e. The topological polar surface area (TPSA) is 20.2 Å². The lowest BCUT2D eigenvalue weighted by atomic mass is 10.2. The first-order valence-electron chi connectivity index (χ1n) is 9.27. The molecule has 0 spiro atoms. The minimum atomic E-state index is 0.295. The van der Waals surface area contributed by atoms with E-state index in [0.717, 1.165) is 64.2 Å². The summed E-state index contributed by atoms with van der Waals surface area (Å²) in [7, 11) is 0. The molecule has 0 saturated heterocycles. The van der Waals surface area contributed by atoms with E-state index < -0.39 is 0 Å². The summed E-state index contributed by atoms with van der Waals surface area (Å²) in [5.74, 6) is 0. The zero-order chi connectivity index (χ0) is 16.8. The van der Waals surface area contributed by atoms with Gasteiger partial charge >= 0.3 is 0 Å². The van der Waals surface area contributed by atoms with Crippen LogP contribution in [0.15, 0.2) is 60.8 Å². The van der Waals surface area contributed by atoms with Gasteiger partial charge in [0.05, 0.1) is 0 Å². The van der Waals surface area contributed by atoms with Crippen molar-refractivity contribution in [2.75, 3.05) is 6.61 Å². The SMILES string of the molecule is CCC=CCCC=CCC=CCCC=CCCC=CCCCO. The average molecular weight is 317 g/mol. The molecule has 0 saturated carbocycles. The Morgan fingerprint density at radius 1 is 0.522 bits per heavy atom. The van der Waals surface area contributed by atoms with Crippen molar-refractivity contribution in [2.45, 2.75) is 71.1 Å². The summed E-state index contributed by atoms with van der Waals surface area (Å²) in [6.45, 7) is 2.47. The van der Waals surface area contributed by atoms with Crippen molar-refractivity contribution in [3.8, 4) is 0 Å². The van der Waals surface area contributed by atoms with Crippen LogP contribution in [0, 0.1) is 0 Å². The van der Waals surface area contributed by atoms with Gasteiger partial charge in [-0.1, -0.05) is 67.7 Å². The van der Waals surface area contributed by atoms with Gasteiger partial charge in [0, 0.05) is 6.61 Å². The lowest BCUT2D eigenvalue weighted by Gasteiger charge is -1.90. The molecule has 0 atom stereocenters. The Bertz CT molecular complexity index is 358. The standard InChI is InChI=1S/C22H36O/c1-2-3-4-5-6-7-8-9-10-11-12-13-14-15-16-17-18-19-20-21-22-23/h3-4,7-8,10-11,14-15,18-19,23H,2,5-6,9,12-13,16-17,20-22H2,1H3. The highest BCUT2D eigenvalue weighted by Crippen LogP contribution is 2.00. The highest BCUT2D eigenvalue weighted by molar-refractivity contribution is 4.95. The summed E-state index contributed by atoms with van der Waals surface area (Å²) in [5, 5.41) is 8.65. The third-order valence-electron chi connectivity index (χ3n) is 3.37. The van der Waals surface area contributed by atoms with Crippen molar-refractivity contribution in [1.82, 2.24) is 0 Å². The Balaban J connectivity index is 3.36. The van der Waals surface area contributed by atoms with Crippen LogP contribution in [0.4, 0.5) is 0 Å². The Hall–Kier alpha value is -1.34. The van der Waals surface area contributed by atoms with Crippen LogP contribution >= 0.6 is 0 Å². The zero-order valence-electron chi connectivity index (χ0n) is 15.0. The van der Waals surface area contributed by atoms with Crippen LogP contribution in [0.3, 0.4) is 0 Å². The number of unbranched alkanes of at least 4 members (excludes halogenated alkanes) is 4. The summed E-state index contributed by atoms with van der Waals surface area (Å²) in [5.41, 5.74) is 0. The molecule has 0 aromatic carbocycles. The van der Waals surface area contributed by atoms with E-state index in [9.17, 15) is 0 Å². The third kappa shape index (κ3) is 20.7. The predicted molar refractivity (Wildman–Crippen MR) is 105 cm³/mol. The normalized spacial score (nSPS) is 13.0. The van der Waals surface area contributed by atoms with Crippen molar-refractivity contribution in [3.63, 3.8) is 0 Å². The molecule has 1 heteroatoms. The molecule has 0 bridgehead atoms. The Morgan fingerprint density at radius 2 is 0.913 bits per heavy atom. The van der Waals surface area contributed by atoms with Gasteiger partial charge in [0.1, 0.15) is 0 Å². The maximum Gasteiger partial charge on any atom is 0.0433 e. The smallest absolute Gasteiger partial charge is 0.0433 e. The highest BCUT2D eigenvalue weighted by Gasteiger charge is 1.81. The van der Waals surface area contributed by atoms with Crippen LogP contribution in [0.5, 0.6) is 0 Å². The van der Waals surface area contributed by atoms with E-state index in [-0.39, 0.29) is 0 Å². The van der Waals surface area contributed by atoms with Crippen molar-refractivity contribution in [1.29, 1.82) is 0 Å². The van der Waals surface area contributed by atoms with E-state index in [1.165, 1.54) is 0 Å². The Kier molecular flexibility index (Phi) is 19.5. The summed E-state index contributed by atoms with van der Waals surface area (Å²) >= 11 is 0. The van der Waals surface area contributed by atoms with Crippen LogP contribution in [-0.2, 0) is 0 Å². The van der Waals surface area contributed by atoms with E-state index in [2.05, 4.69) is 67.7 Å². The van der Waals surface area contributed by atoms with Crippen molar-refractivity contribution < 1.29 is 5.11 Å². The van der Waals surface area contributed by atoms with E-state index >= 15 is 0 Å². The highest BCUT2D eigenvalue weighted by atomic mass is 16.2. The first-order chi connectivity index (χ1) is 11.4. The number of rotatable bonds is 15. The molecule has 0 radical (unpaired) electrons. The summed E-state index contributed by atoms with van der Waals surface area (Å²) in [4.78, 5) is 0. The van der Waals surface area contributed by atoms with Crippen LogP contribution < -0.4 is 0 Å². The molecular formula is C22H36O. The minimum absolute atomic E-state index is 0.295. The van der Waals surface area contributed by atoms with Crippen molar-refractivity contribution in [3.05, 3.63) is 60.8 Å². The average Bonchev–Trinajstić information content (AvgIpc) is 2.57. The van der Waals surface area contributed by atoms with Crippen LogP contribution in [-0.4, -0.2) is 11.7 Å². The van der Waals surface area contributed by atoms with Crippen molar-refractivity contribution in [2.24, 2.45) is 0 Å². The van der Waals surface area contributed by atoms with E-state index in [1.807, 2.05) is 0 Å². The van der Waals surface area contributed by atoms with Gasteiger partial charge in [0.15, 0.2) is 0 Å². The summed E-state index contributed by atoms with van der Waals surface area (Å²) in [6, 6.07) is 0. The van der Waals surface area contributed by atoms with Gasteiger partial charge in [0.2, 0.25) is 0 Å². The monoisotopic (exact) mass is 316 g/mol. The minimum Gasteiger partial charge on any atom is -0.396 e. The first kappa shape index (κ1) is 21.7. The quantitative estimate of drug-likeness (QED) is 0.264. The molecule has 23 heavy (non-hydrogen) atoms. The lowest BCUT2D eigenvalue weighted by molar-refractivity contribution is 0.289. The molecule has 0 aliphatic carbocycles. The molecule has 0 rings (SSSR count). The van der Waals surface area contributed by atoms with Gasteiger partial charge in [-0.05, 0) is 64.2 Å². The summed E-state index contributed by atoms with van der Waals surface area (Å²) in [6.07, 6.45) is 33.4. The number of aliphatic hydroxyl groups is 1. The molecule has 0 aliphatic heterocycles. The number of allylic oxidation sites excluding steroid dienone is 10. The molecule has 0 fully saturated rings. The van der Waals surface area contributed by atoms with Gasteiger partial charge in [-0.2, -0.15) is 0 Å². The van der Waals surface area contributed by atoms with Crippen molar-refractivity contribution >= 4 is 0 Å². The molecule has 0 aromatic rings. The van der Waals surface area contributed by atoms with Gasteiger partial charge in [-0.15, -0.1) is 0 Å². The second-order valence-electron chi connectivity index (χ2n) is 5.60. The maximum absolute atomic E-state index is 8.65. The fourth-order valence-electron chi connectivity index (χ4n) is 2.05. The number of hydrogen-bond acceptors (Lipinski definition) is 1. The maximum atomic E-state index is 8.65. The van der Waals surface area contributed by atoms with Crippen LogP contribution in [0.1, 0.15) is 71.1 Å². The second kappa shape index (κ2) is 20.7. The second-order valence-corrected chi connectivity index (χ2v) is 5.60. The molecule has 0 aromatic heterocycles.